The molecule has 130 valence electrons. The van der Waals surface area contributed by atoms with Gasteiger partial charge in [-0.3, -0.25) is 14.4 Å². The predicted octanol–water partition coefficient (Wildman–Crippen LogP) is 2.91. The summed E-state index contributed by atoms with van der Waals surface area (Å²) in [6.07, 6.45) is 4.43. The monoisotopic (exact) mass is 331 g/mol. The largest absolute Gasteiger partial charge is 0.349 e. The Balaban J connectivity index is 2.20. The van der Waals surface area contributed by atoms with Gasteiger partial charge in [0.05, 0.1) is 0 Å². The van der Waals surface area contributed by atoms with Crippen molar-refractivity contribution in [2.24, 2.45) is 5.92 Å². The van der Waals surface area contributed by atoms with Crippen molar-refractivity contribution in [3.05, 3.63) is 23.8 Å². The van der Waals surface area contributed by atoms with Crippen LogP contribution in [0.5, 0.6) is 0 Å². The maximum atomic E-state index is 12.6. The van der Waals surface area contributed by atoms with Crippen LogP contribution in [0.1, 0.15) is 56.8 Å². The highest BCUT2D eigenvalue weighted by molar-refractivity contribution is 6.00. The minimum atomic E-state index is -0.234. The molecule has 1 aliphatic rings. The topological polar surface area (TPSA) is 87.3 Å². The van der Waals surface area contributed by atoms with Gasteiger partial charge in [0.25, 0.3) is 5.91 Å². The first kappa shape index (κ1) is 18.0. The number of nitrogens with one attached hydrogen (secondary N) is 3. The molecular formula is C18H25N3O3. The lowest BCUT2D eigenvalue weighted by Crippen LogP contribution is -2.41. The van der Waals surface area contributed by atoms with E-state index < -0.39 is 0 Å². The summed E-state index contributed by atoms with van der Waals surface area (Å²) in [5.41, 5.74) is 1.38. The first-order chi connectivity index (χ1) is 11.3. The van der Waals surface area contributed by atoms with Gasteiger partial charge in [-0.25, -0.2) is 0 Å². The Morgan fingerprint density at radius 3 is 1.96 bits per heavy atom. The molecule has 2 atom stereocenters. The first-order valence-electron chi connectivity index (χ1n) is 8.36. The van der Waals surface area contributed by atoms with Crippen LogP contribution in [-0.4, -0.2) is 23.8 Å². The number of amides is 3. The zero-order valence-corrected chi connectivity index (χ0v) is 14.4. The van der Waals surface area contributed by atoms with E-state index in [9.17, 15) is 14.4 Å². The van der Waals surface area contributed by atoms with E-state index in [0.29, 0.717) is 22.9 Å². The van der Waals surface area contributed by atoms with Crippen LogP contribution in [0.25, 0.3) is 0 Å². The standard InChI is InChI=1S/C18H25N3O3/c1-11-6-4-5-7-17(11)21-18(24)14-8-15(19-12(2)22)10-16(9-14)20-13(3)23/h8-11,17H,4-7H2,1-3H3,(H,19,22)(H,20,23)(H,21,24)/t11-,17+/m1/s1. The fraction of sp³-hybridized carbons (Fsp3) is 0.500. The Morgan fingerprint density at radius 2 is 1.46 bits per heavy atom. The summed E-state index contributed by atoms with van der Waals surface area (Å²) in [7, 11) is 0. The van der Waals surface area contributed by atoms with Crippen molar-refractivity contribution < 1.29 is 14.4 Å². The van der Waals surface area contributed by atoms with E-state index in [0.717, 1.165) is 19.3 Å². The van der Waals surface area contributed by atoms with E-state index in [1.165, 1.54) is 20.3 Å². The third-order valence-electron chi connectivity index (χ3n) is 4.26. The van der Waals surface area contributed by atoms with Crippen LogP contribution >= 0.6 is 0 Å². The molecule has 1 fully saturated rings. The Morgan fingerprint density at radius 1 is 0.917 bits per heavy atom. The molecule has 0 heterocycles. The fourth-order valence-electron chi connectivity index (χ4n) is 3.09. The SMILES string of the molecule is CC(=O)Nc1cc(NC(C)=O)cc(C(=O)N[C@H]2CCCC[C@H]2C)c1. The molecule has 0 spiro atoms. The Kier molecular flexibility index (Phi) is 5.95. The summed E-state index contributed by atoms with van der Waals surface area (Å²) in [6.45, 7) is 4.95. The molecule has 24 heavy (non-hydrogen) atoms. The molecule has 0 aromatic heterocycles. The molecular weight excluding hydrogens is 306 g/mol. The number of benzene rings is 1. The lowest BCUT2D eigenvalue weighted by atomic mass is 9.86. The van der Waals surface area contributed by atoms with Crippen molar-refractivity contribution in [3.63, 3.8) is 0 Å². The van der Waals surface area contributed by atoms with Gasteiger partial charge in [0.2, 0.25) is 11.8 Å². The summed E-state index contributed by atoms with van der Waals surface area (Å²) < 4.78 is 0. The van der Waals surface area contributed by atoms with Gasteiger partial charge in [0.1, 0.15) is 0 Å². The molecule has 0 bridgehead atoms. The van der Waals surface area contributed by atoms with Gasteiger partial charge in [-0.2, -0.15) is 0 Å². The van der Waals surface area contributed by atoms with E-state index in [1.807, 2.05) is 0 Å². The molecule has 3 N–H and O–H groups in total. The number of anilines is 2. The number of carbonyl (C=O) groups is 3. The first-order valence-corrected chi connectivity index (χ1v) is 8.36. The lowest BCUT2D eigenvalue weighted by Gasteiger charge is -2.29. The van der Waals surface area contributed by atoms with Crippen LogP contribution in [0, 0.1) is 5.92 Å². The van der Waals surface area contributed by atoms with E-state index in [4.69, 9.17) is 0 Å². The summed E-state index contributed by atoms with van der Waals surface area (Å²) in [4.78, 5) is 35.2. The molecule has 3 amide bonds. The second-order valence-corrected chi connectivity index (χ2v) is 6.50. The van der Waals surface area contributed by atoms with Gasteiger partial charge in [0, 0.05) is 36.8 Å². The normalized spacial score (nSPS) is 20.1. The highest BCUT2D eigenvalue weighted by atomic mass is 16.2. The summed E-state index contributed by atoms with van der Waals surface area (Å²) in [6, 6.07) is 5.04. The van der Waals surface area contributed by atoms with Crippen LogP contribution in [0.2, 0.25) is 0 Å². The Labute approximate surface area is 142 Å². The van der Waals surface area contributed by atoms with Crippen molar-refractivity contribution in [2.45, 2.75) is 52.5 Å². The maximum Gasteiger partial charge on any atom is 0.251 e. The van der Waals surface area contributed by atoms with Crippen molar-refractivity contribution >= 4 is 29.1 Å². The van der Waals surface area contributed by atoms with E-state index in [1.54, 1.807) is 18.2 Å². The van der Waals surface area contributed by atoms with E-state index >= 15 is 0 Å². The van der Waals surface area contributed by atoms with Gasteiger partial charge in [-0.15, -0.1) is 0 Å². The lowest BCUT2D eigenvalue weighted by molar-refractivity contribution is -0.115. The molecule has 0 saturated heterocycles. The predicted molar refractivity (Wildman–Crippen MR) is 93.9 cm³/mol. The average molecular weight is 331 g/mol. The van der Waals surface area contributed by atoms with Crippen molar-refractivity contribution in [2.75, 3.05) is 10.6 Å². The van der Waals surface area contributed by atoms with Crippen LogP contribution in [0.3, 0.4) is 0 Å². The van der Waals surface area contributed by atoms with Gasteiger partial charge < -0.3 is 16.0 Å². The third kappa shape index (κ3) is 5.08. The molecule has 1 aromatic carbocycles. The molecule has 0 unspecified atom stereocenters. The number of carbonyl (C=O) groups excluding carboxylic acids is 3. The molecule has 6 heteroatoms. The zero-order chi connectivity index (χ0) is 17.7. The van der Waals surface area contributed by atoms with E-state index in [-0.39, 0.29) is 23.8 Å². The molecule has 0 radical (unpaired) electrons. The Bertz CT molecular complexity index is 608. The van der Waals surface area contributed by atoms with Crippen molar-refractivity contribution in [1.82, 2.24) is 5.32 Å². The highest BCUT2D eigenvalue weighted by Gasteiger charge is 2.23. The van der Waals surface area contributed by atoms with Crippen LogP contribution in [0.15, 0.2) is 18.2 Å². The summed E-state index contributed by atoms with van der Waals surface area (Å²) >= 11 is 0. The molecule has 6 nitrogen and oxygen atoms in total. The second-order valence-electron chi connectivity index (χ2n) is 6.50. The molecule has 2 rings (SSSR count). The van der Waals surface area contributed by atoms with Crippen molar-refractivity contribution in [1.29, 1.82) is 0 Å². The van der Waals surface area contributed by atoms with Gasteiger partial charge in [0.15, 0.2) is 0 Å². The minimum Gasteiger partial charge on any atom is -0.349 e. The smallest absolute Gasteiger partial charge is 0.251 e. The molecule has 1 aliphatic carbocycles. The van der Waals surface area contributed by atoms with Crippen LogP contribution in [0.4, 0.5) is 11.4 Å². The summed E-state index contributed by atoms with van der Waals surface area (Å²) in [5, 5.41) is 8.39. The molecule has 1 aromatic rings. The molecule has 0 aliphatic heterocycles. The molecule has 1 saturated carbocycles. The van der Waals surface area contributed by atoms with Gasteiger partial charge in [-0.1, -0.05) is 19.8 Å². The number of hydrogen-bond acceptors (Lipinski definition) is 3. The highest BCUT2D eigenvalue weighted by Crippen LogP contribution is 2.25. The number of hydrogen-bond donors (Lipinski definition) is 3. The maximum absolute atomic E-state index is 12.6. The quantitative estimate of drug-likeness (QED) is 0.793. The third-order valence-corrected chi connectivity index (χ3v) is 4.26. The minimum absolute atomic E-state index is 0.167. The Hall–Kier alpha value is -2.37. The number of rotatable bonds is 4. The second kappa shape index (κ2) is 7.95. The fourth-order valence-corrected chi connectivity index (χ4v) is 3.09. The average Bonchev–Trinajstić information content (AvgIpc) is 2.48. The van der Waals surface area contributed by atoms with Crippen LogP contribution in [-0.2, 0) is 9.59 Å². The van der Waals surface area contributed by atoms with Gasteiger partial charge in [-0.05, 0) is 37.0 Å². The van der Waals surface area contributed by atoms with Gasteiger partial charge >= 0.3 is 0 Å². The zero-order valence-electron chi connectivity index (χ0n) is 14.4. The van der Waals surface area contributed by atoms with E-state index in [2.05, 4.69) is 22.9 Å². The van der Waals surface area contributed by atoms with Crippen molar-refractivity contribution in [3.8, 4) is 0 Å². The van der Waals surface area contributed by atoms with Crippen LogP contribution < -0.4 is 16.0 Å². The summed E-state index contributed by atoms with van der Waals surface area (Å²) in [5.74, 6) is -0.201.